The molecule has 1 aliphatic heterocycles. The van der Waals surface area contributed by atoms with Crippen LogP contribution in [0.4, 0.5) is 5.69 Å². The van der Waals surface area contributed by atoms with Crippen LogP contribution in [0.3, 0.4) is 0 Å². The second-order valence-corrected chi connectivity index (χ2v) is 5.83. The zero-order valence-corrected chi connectivity index (χ0v) is 13.1. The summed E-state index contributed by atoms with van der Waals surface area (Å²) in [5.74, 6) is 0. The Morgan fingerprint density at radius 3 is 2.43 bits per heavy atom. The van der Waals surface area contributed by atoms with E-state index in [0.717, 1.165) is 28.2 Å². The van der Waals surface area contributed by atoms with E-state index in [9.17, 15) is 0 Å². The third kappa shape index (κ3) is 2.69. The fraction of sp³-hybridized carbons (Fsp3) is 0.118. The number of benzodiazepines with no additional fused rings is 1. The maximum absolute atomic E-state index is 6.17. The van der Waals surface area contributed by atoms with Gasteiger partial charge in [-0.3, -0.25) is 4.99 Å². The van der Waals surface area contributed by atoms with E-state index in [1.165, 1.54) is 0 Å². The molecule has 0 unspecified atom stereocenters. The van der Waals surface area contributed by atoms with Gasteiger partial charge in [0.15, 0.2) is 0 Å². The number of rotatable bonds is 1. The first kappa shape index (κ1) is 14.2. The van der Waals surface area contributed by atoms with Crippen LogP contribution in [-0.4, -0.2) is 19.3 Å². The molecule has 0 amide bonds. The molecule has 3 rings (SSSR count). The molecule has 0 radical (unpaired) electrons. The van der Waals surface area contributed by atoms with E-state index in [-0.39, 0.29) is 0 Å². The Balaban J connectivity index is 2.20. The number of hydrogen-bond acceptors (Lipinski definition) is 2. The number of likely N-dealkylation sites (N-methyl/N-ethyl adjacent to an activating group) is 1. The van der Waals surface area contributed by atoms with Crippen LogP contribution >= 0.6 is 23.2 Å². The van der Waals surface area contributed by atoms with Crippen LogP contribution in [-0.2, 0) is 0 Å². The van der Waals surface area contributed by atoms with E-state index in [4.69, 9.17) is 28.2 Å². The van der Waals surface area contributed by atoms with Gasteiger partial charge in [0.25, 0.3) is 0 Å². The van der Waals surface area contributed by atoms with Crippen LogP contribution in [0.1, 0.15) is 11.1 Å². The number of benzene rings is 2. The van der Waals surface area contributed by atoms with Crippen molar-refractivity contribution in [2.45, 2.75) is 0 Å². The normalized spacial score (nSPS) is 14.5. The Bertz CT molecular complexity index is 733. The van der Waals surface area contributed by atoms with Gasteiger partial charge in [-0.05, 0) is 30.3 Å². The van der Waals surface area contributed by atoms with Gasteiger partial charge in [0, 0.05) is 33.9 Å². The van der Waals surface area contributed by atoms with E-state index in [0.29, 0.717) is 16.6 Å². The zero-order valence-electron chi connectivity index (χ0n) is 11.6. The lowest BCUT2D eigenvalue weighted by Crippen LogP contribution is -2.17. The van der Waals surface area contributed by atoms with Crippen molar-refractivity contribution in [1.82, 2.24) is 0 Å². The van der Waals surface area contributed by atoms with Crippen LogP contribution in [0, 0.1) is 0 Å². The van der Waals surface area contributed by atoms with Gasteiger partial charge >= 0.3 is 0 Å². The summed E-state index contributed by atoms with van der Waals surface area (Å²) < 4.78 is 0. The lowest BCUT2D eigenvalue weighted by molar-refractivity contribution is 1.03. The molecule has 106 valence electrons. The Morgan fingerprint density at radius 1 is 1.05 bits per heavy atom. The molecule has 2 aromatic carbocycles. The highest BCUT2D eigenvalue weighted by atomic mass is 35.5. The SMILES string of the molecule is C=C1CN=C(c2ccc(Cl)cc2)c2cc(Cl)ccc2N1C. The second kappa shape index (κ2) is 5.55. The average Bonchev–Trinajstić information content (AvgIpc) is 2.59. The third-order valence-electron chi connectivity index (χ3n) is 3.59. The summed E-state index contributed by atoms with van der Waals surface area (Å²) in [6.45, 7) is 4.64. The van der Waals surface area contributed by atoms with Crippen molar-refractivity contribution < 1.29 is 0 Å². The molecule has 1 aliphatic rings. The molecule has 0 atom stereocenters. The Kier molecular flexibility index (Phi) is 3.75. The van der Waals surface area contributed by atoms with Gasteiger partial charge in [-0.1, -0.05) is 41.9 Å². The molecule has 0 aromatic heterocycles. The van der Waals surface area contributed by atoms with E-state index >= 15 is 0 Å². The highest BCUT2D eigenvalue weighted by molar-refractivity contribution is 6.32. The zero-order chi connectivity index (χ0) is 15.0. The number of halogens is 2. The summed E-state index contributed by atoms with van der Waals surface area (Å²) in [6, 6.07) is 13.5. The first-order valence-electron chi connectivity index (χ1n) is 6.58. The van der Waals surface area contributed by atoms with E-state index in [1.54, 1.807) is 0 Å². The van der Waals surface area contributed by atoms with Crippen molar-refractivity contribution in [1.29, 1.82) is 0 Å². The number of anilines is 1. The standard InChI is InChI=1S/C17H14Cl2N2/c1-11-10-20-17(12-3-5-13(18)6-4-12)15-9-14(19)7-8-16(15)21(11)2/h3-9H,1,10H2,2H3. The van der Waals surface area contributed by atoms with Crippen molar-refractivity contribution in [3.8, 4) is 0 Å². The predicted octanol–water partition coefficient (Wildman–Crippen LogP) is 4.79. The van der Waals surface area contributed by atoms with Gasteiger partial charge in [-0.25, -0.2) is 0 Å². The van der Waals surface area contributed by atoms with Gasteiger partial charge in [0.05, 0.1) is 17.9 Å². The maximum atomic E-state index is 6.17. The number of hydrogen-bond donors (Lipinski definition) is 0. The van der Waals surface area contributed by atoms with Crippen LogP contribution in [0.2, 0.25) is 10.0 Å². The minimum Gasteiger partial charge on any atom is -0.346 e. The fourth-order valence-electron chi connectivity index (χ4n) is 2.38. The van der Waals surface area contributed by atoms with Crippen molar-refractivity contribution in [2.24, 2.45) is 4.99 Å². The van der Waals surface area contributed by atoms with Crippen molar-refractivity contribution in [3.05, 3.63) is 75.9 Å². The summed E-state index contributed by atoms with van der Waals surface area (Å²) in [4.78, 5) is 6.76. The highest BCUT2D eigenvalue weighted by Crippen LogP contribution is 2.31. The molecule has 21 heavy (non-hydrogen) atoms. The lowest BCUT2D eigenvalue weighted by atomic mass is 10.0. The highest BCUT2D eigenvalue weighted by Gasteiger charge is 2.19. The number of fused-ring (bicyclic) bond motifs is 1. The summed E-state index contributed by atoms with van der Waals surface area (Å²) in [5.41, 5.74) is 4.93. The van der Waals surface area contributed by atoms with Gasteiger partial charge in [0.2, 0.25) is 0 Å². The molecule has 2 aromatic rings. The van der Waals surface area contributed by atoms with Crippen molar-refractivity contribution in [3.63, 3.8) is 0 Å². The molecule has 0 saturated heterocycles. The molecule has 0 N–H and O–H groups in total. The molecule has 0 fully saturated rings. The molecule has 0 saturated carbocycles. The minimum absolute atomic E-state index is 0.556. The van der Waals surface area contributed by atoms with Crippen molar-refractivity contribution in [2.75, 3.05) is 18.5 Å². The molecule has 0 bridgehead atoms. The summed E-state index contributed by atoms with van der Waals surface area (Å²) in [6.07, 6.45) is 0. The van der Waals surface area contributed by atoms with Gasteiger partial charge in [0.1, 0.15) is 0 Å². The first-order valence-corrected chi connectivity index (χ1v) is 7.33. The first-order chi connectivity index (χ1) is 10.1. The van der Waals surface area contributed by atoms with E-state index in [2.05, 4.69) is 11.5 Å². The molecule has 1 heterocycles. The minimum atomic E-state index is 0.556. The van der Waals surface area contributed by atoms with Gasteiger partial charge in [-0.15, -0.1) is 0 Å². The molecule has 4 heteroatoms. The molecular formula is C17H14Cl2N2. The summed E-state index contributed by atoms with van der Waals surface area (Å²) >= 11 is 12.1. The van der Waals surface area contributed by atoms with Crippen LogP contribution in [0.25, 0.3) is 0 Å². The van der Waals surface area contributed by atoms with Crippen LogP contribution in [0.5, 0.6) is 0 Å². The molecule has 0 spiro atoms. The maximum Gasteiger partial charge on any atom is 0.0793 e. The molecule has 0 aliphatic carbocycles. The number of nitrogens with zero attached hydrogens (tertiary/aromatic N) is 2. The summed E-state index contributed by atoms with van der Waals surface area (Å²) in [5, 5.41) is 1.40. The topological polar surface area (TPSA) is 15.6 Å². The van der Waals surface area contributed by atoms with Gasteiger partial charge in [-0.2, -0.15) is 0 Å². The quantitative estimate of drug-likeness (QED) is 0.738. The predicted molar refractivity (Wildman–Crippen MR) is 91.0 cm³/mol. The van der Waals surface area contributed by atoms with Crippen LogP contribution in [0.15, 0.2) is 59.7 Å². The van der Waals surface area contributed by atoms with Gasteiger partial charge < -0.3 is 4.90 Å². The largest absolute Gasteiger partial charge is 0.346 e. The fourth-order valence-corrected chi connectivity index (χ4v) is 2.67. The smallest absolute Gasteiger partial charge is 0.0793 e. The van der Waals surface area contributed by atoms with Crippen LogP contribution < -0.4 is 4.90 Å². The monoisotopic (exact) mass is 316 g/mol. The Morgan fingerprint density at radius 2 is 1.71 bits per heavy atom. The molecule has 2 nitrogen and oxygen atoms in total. The van der Waals surface area contributed by atoms with Crippen molar-refractivity contribution >= 4 is 34.6 Å². The summed E-state index contributed by atoms with van der Waals surface area (Å²) in [7, 11) is 2.00. The molecular weight excluding hydrogens is 303 g/mol. The van der Waals surface area contributed by atoms with E-state index in [1.807, 2.05) is 49.5 Å². The lowest BCUT2D eigenvalue weighted by Gasteiger charge is -2.21. The number of aliphatic imine (C=N–C) groups is 1. The van der Waals surface area contributed by atoms with E-state index < -0.39 is 0 Å². The Labute approximate surface area is 134 Å². The second-order valence-electron chi connectivity index (χ2n) is 4.96. The third-order valence-corrected chi connectivity index (χ3v) is 4.07. The Hall–Kier alpha value is -1.77. The average molecular weight is 317 g/mol.